The van der Waals surface area contributed by atoms with Crippen molar-refractivity contribution in [3.8, 4) is 11.1 Å². The molecular weight excluding hydrogens is 386 g/mol. The van der Waals surface area contributed by atoms with E-state index in [1.54, 1.807) is 4.52 Å². The molecule has 1 unspecified atom stereocenters. The zero-order valence-corrected chi connectivity index (χ0v) is 18.0. The van der Waals surface area contributed by atoms with Gasteiger partial charge < -0.3 is 5.32 Å². The van der Waals surface area contributed by atoms with Crippen molar-refractivity contribution >= 4 is 44.9 Å². The molecule has 0 saturated carbocycles. The molecule has 3 heterocycles. The normalized spacial score (nSPS) is 21.3. The Morgan fingerprint density at radius 1 is 0.812 bits per heavy atom. The molecule has 10 radical (unpaired) electrons. The fourth-order valence-electron chi connectivity index (χ4n) is 4.51. The molecule has 9 heteroatoms. The van der Waals surface area contributed by atoms with Crippen LogP contribution in [0.1, 0.15) is 27.8 Å². The quantitative estimate of drug-likeness (QED) is 0.516. The van der Waals surface area contributed by atoms with Crippen LogP contribution in [0.2, 0.25) is 0 Å². The van der Waals surface area contributed by atoms with Crippen LogP contribution in [-0.2, 0) is 10.7 Å². The number of fused-ring (bicyclic) bond motifs is 2. The number of rotatable bonds is 2. The lowest BCUT2D eigenvalue weighted by Crippen LogP contribution is -2.72. The minimum atomic E-state index is -1.60. The molecule has 2 aromatic heterocycles. The SMILES string of the molecule is [B]C1([B])NC([B])([B])C([B])(c2ccc(C)c(C)c2)c2ccc(-c3ccc4ncnn4c3)cc21. The van der Waals surface area contributed by atoms with Crippen LogP contribution in [0.5, 0.6) is 0 Å². The molecule has 0 amide bonds. The topological polar surface area (TPSA) is 42.2 Å². The third-order valence-corrected chi connectivity index (χ3v) is 6.53. The molecule has 0 spiro atoms. The van der Waals surface area contributed by atoms with E-state index in [4.69, 9.17) is 39.2 Å². The Bertz CT molecular complexity index is 1360. The Labute approximate surface area is 194 Å². The van der Waals surface area contributed by atoms with Crippen molar-refractivity contribution < 1.29 is 0 Å². The predicted octanol–water partition coefficient (Wildman–Crippen LogP) is 1.47. The Balaban J connectivity index is 1.73. The highest BCUT2D eigenvalue weighted by Gasteiger charge is 2.50. The first-order valence-electron chi connectivity index (χ1n) is 10.3. The van der Waals surface area contributed by atoms with Crippen LogP contribution in [0.15, 0.2) is 61.1 Å². The van der Waals surface area contributed by atoms with E-state index in [1.165, 1.54) is 6.33 Å². The molecule has 1 N–H and O–H groups in total. The van der Waals surface area contributed by atoms with Gasteiger partial charge in [0, 0.05) is 11.8 Å². The number of hydrogen-bond acceptors (Lipinski definition) is 3. The van der Waals surface area contributed by atoms with E-state index in [9.17, 15) is 0 Å². The maximum Gasteiger partial charge on any atom is 0.155 e. The van der Waals surface area contributed by atoms with Gasteiger partial charge in [-0.2, -0.15) is 5.10 Å². The summed E-state index contributed by atoms with van der Waals surface area (Å²) in [4.78, 5) is 4.19. The predicted molar refractivity (Wildman–Crippen MR) is 131 cm³/mol. The van der Waals surface area contributed by atoms with E-state index in [-0.39, 0.29) is 0 Å². The molecule has 0 aliphatic carbocycles. The zero-order valence-electron chi connectivity index (χ0n) is 18.0. The van der Waals surface area contributed by atoms with E-state index in [0.717, 1.165) is 33.5 Å². The first-order valence-corrected chi connectivity index (χ1v) is 10.3. The number of hydrogen-bond donors (Lipinski definition) is 1. The van der Waals surface area contributed by atoms with Gasteiger partial charge in [0.25, 0.3) is 0 Å². The van der Waals surface area contributed by atoms with Crippen molar-refractivity contribution in [3.05, 3.63) is 88.9 Å². The minimum absolute atomic E-state index is 0.612. The number of benzene rings is 2. The second kappa shape index (κ2) is 6.92. The molecule has 1 aliphatic rings. The van der Waals surface area contributed by atoms with Crippen LogP contribution in [0, 0.1) is 13.8 Å². The van der Waals surface area contributed by atoms with Crippen molar-refractivity contribution in [2.75, 3.05) is 0 Å². The number of aryl methyl sites for hydroxylation is 2. The first-order chi connectivity index (χ1) is 15.0. The van der Waals surface area contributed by atoms with Crippen LogP contribution in [0.25, 0.3) is 16.8 Å². The number of aromatic nitrogens is 3. The largest absolute Gasteiger partial charge is 0.335 e. The van der Waals surface area contributed by atoms with Gasteiger partial charge in [-0.3, -0.25) is 0 Å². The van der Waals surface area contributed by atoms with Crippen LogP contribution in [0.4, 0.5) is 0 Å². The Kier molecular flexibility index (Phi) is 4.58. The summed E-state index contributed by atoms with van der Waals surface area (Å²) in [5, 5.41) is 2.81. The van der Waals surface area contributed by atoms with Gasteiger partial charge >= 0.3 is 0 Å². The molecule has 0 bridgehead atoms. The lowest BCUT2D eigenvalue weighted by molar-refractivity contribution is 0.419. The van der Waals surface area contributed by atoms with Crippen LogP contribution >= 0.6 is 0 Å². The lowest BCUT2D eigenvalue weighted by Gasteiger charge is -2.58. The zero-order chi connectivity index (χ0) is 22.9. The highest BCUT2D eigenvalue weighted by molar-refractivity contribution is 6.49. The van der Waals surface area contributed by atoms with Crippen LogP contribution in [0.3, 0.4) is 0 Å². The smallest absolute Gasteiger partial charge is 0.155 e. The van der Waals surface area contributed by atoms with Gasteiger partial charge in [0.05, 0.1) is 39.2 Å². The fourth-order valence-corrected chi connectivity index (χ4v) is 4.51. The van der Waals surface area contributed by atoms with Crippen molar-refractivity contribution in [1.29, 1.82) is 0 Å². The second-order valence-corrected chi connectivity index (χ2v) is 8.71. The van der Waals surface area contributed by atoms with E-state index in [2.05, 4.69) is 15.4 Å². The van der Waals surface area contributed by atoms with E-state index in [0.29, 0.717) is 11.1 Å². The average molecular weight is 403 g/mol. The molecular formula is C23H17B5N4. The summed E-state index contributed by atoms with van der Waals surface area (Å²) in [6.45, 7) is 4.06. The van der Waals surface area contributed by atoms with Gasteiger partial charge in [0.15, 0.2) is 5.65 Å². The van der Waals surface area contributed by atoms with Gasteiger partial charge in [-0.1, -0.05) is 41.7 Å². The molecule has 1 atom stereocenters. The van der Waals surface area contributed by atoms with E-state index in [1.807, 2.05) is 68.6 Å². The Morgan fingerprint density at radius 3 is 2.31 bits per heavy atom. The van der Waals surface area contributed by atoms with Crippen LogP contribution in [-0.4, -0.2) is 59.2 Å². The molecule has 5 rings (SSSR count). The average Bonchev–Trinajstić information content (AvgIpc) is 3.21. The standard InChI is InChI=1S/C23H17B5N4/c1-13-3-6-17(9-14(13)2)21(24)18-7-4-15(10-19(18)22(25,26)31-23(21,27)28)16-5-8-20-29-12-30-32(20)11-16/h3-12,31H,1-2H3. The number of pyridine rings is 1. The highest BCUT2D eigenvalue weighted by atomic mass is 15.3. The second-order valence-electron chi connectivity index (χ2n) is 8.71. The molecule has 4 nitrogen and oxygen atoms in total. The Morgan fingerprint density at radius 2 is 1.56 bits per heavy atom. The van der Waals surface area contributed by atoms with Gasteiger partial charge in [0.2, 0.25) is 0 Å². The van der Waals surface area contributed by atoms with Crippen molar-refractivity contribution in [2.45, 2.75) is 29.8 Å². The number of nitrogens with one attached hydrogen (secondary N) is 1. The molecule has 1 aliphatic heterocycles. The number of nitrogens with zero attached hydrogens (tertiary/aromatic N) is 3. The van der Waals surface area contributed by atoms with Gasteiger partial charge in [-0.25, -0.2) is 9.50 Å². The van der Waals surface area contributed by atoms with Gasteiger partial charge in [0.1, 0.15) is 6.33 Å². The summed E-state index contributed by atoms with van der Waals surface area (Å²) in [6.07, 6.45) is 3.40. The van der Waals surface area contributed by atoms with Crippen molar-refractivity contribution in [3.63, 3.8) is 0 Å². The summed E-state index contributed by atoms with van der Waals surface area (Å²) in [5.41, 5.74) is 6.85. The third-order valence-electron chi connectivity index (χ3n) is 6.53. The van der Waals surface area contributed by atoms with Crippen molar-refractivity contribution in [2.24, 2.45) is 0 Å². The van der Waals surface area contributed by atoms with Crippen LogP contribution < -0.4 is 5.32 Å². The first kappa shape index (κ1) is 21.2. The monoisotopic (exact) mass is 404 g/mol. The lowest BCUT2D eigenvalue weighted by atomic mass is 9.32. The van der Waals surface area contributed by atoms with Crippen molar-refractivity contribution in [1.82, 2.24) is 19.9 Å². The molecule has 0 saturated heterocycles. The Hall–Kier alpha value is -2.66. The molecule has 32 heavy (non-hydrogen) atoms. The van der Waals surface area contributed by atoms with Gasteiger partial charge in [-0.05, 0) is 70.0 Å². The maximum atomic E-state index is 7.01. The van der Waals surface area contributed by atoms with E-state index < -0.39 is 16.0 Å². The van der Waals surface area contributed by atoms with E-state index >= 15 is 0 Å². The summed E-state index contributed by atoms with van der Waals surface area (Å²) < 4.78 is 1.71. The highest BCUT2D eigenvalue weighted by Crippen LogP contribution is 2.46. The summed E-state index contributed by atoms with van der Waals surface area (Å²) in [6, 6.07) is 15.6. The summed E-state index contributed by atoms with van der Waals surface area (Å²) in [7, 11) is 33.0. The molecule has 144 valence electrons. The molecule has 2 aromatic carbocycles. The fraction of sp³-hybridized carbons (Fsp3) is 0.217. The summed E-state index contributed by atoms with van der Waals surface area (Å²) >= 11 is 0. The maximum absolute atomic E-state index is 7.01. The minimum Gasteiger partial charge on any atom is -0.335 e. The molecule has 4 aromatic rings. The van der Waals surface area contributed by atoms with Gasteiger partial charge in [-0.15, -0.1) is 0 Å². The molecule has 0 fully saturated rings. The summed E-state index contributed by atoms with van der Waals surface area (Å²) in [5.74, 6) is 0. The third kappa shape index (κ3) is 3.01.